The van der Waals surface area contributed by atoms with Gasteiger partial charge >= 0.3 is 0 Å². The molecule has 0 unspecified atom stereocenters. The molecule has 1 aliphatic rings. The van der Waals surface area contributed by atoms with E-state index in [1.54, 1.807) is 30.2 Å². The van der Waals surface area contributed by atoms with Gasteiger partial charge in [0.05, 0.1) is 18.7 Å². The highest BCUT2D eigenvalue weighted by atomic mass is 35.5. The first-order valence-electron chi connectivity index (χ1n) is 8.56. The molecular formula is C20H21ClN2O3. The number of carbonyl (C=O) groups excluding carboxylic acids is 2. The number of rotatable bonds is 5. The van der Waals surface area contributed by atoms with Crippen LogP contribution in [-0.4, -0.2) is 25.5 Å². The third-order valence-electron chi connectivity index (χ3n) is 4.58. The number of halogens is 1. The minimum absolute atomic E-state index is 0.116. The van der Waals surface area contributed by atoms with Gasteiger partial charge in [0.25, 0.3) is 0 Å². The summed E-state index contributed by atoms with van der Waals surface area (Å²) >= 11 is 6.07. The van der Waals surface area contributed by atoms with Crippen molar-refractivity contribution >= 4 is 34.8 Å². The van der Waals surface area contributed by atoms with Gasteiger partial charge < -0.3 is 15.0 Å². The SMILES string of the molecule is CCc1ccccc1NC(=O)[C@H]1CC(=O)N(c2cc(Cl)ccc2OC)C1. The fourth-order valence-corrected chi connectivity index (χ4v) is 3.34. The van der Waals surface area contributed by atoms with Crippen molar-refractivity contribution < 1.29 is 14.3 Å². The first kappa shape index (κ1) is 18.3. The van der Waals surface area contributed by atoms with Crippen LogP contribution < -0.4 is 15.0 Å². The number of para-hydroxylation sites is 1. The van der Waals surface area contributed by atoms with E-state index in [0.29, 0.717) is 23.0 Å². The number of nitrogens with one attached hydrogen (secondary N) is 1. The molecule has 1 heterocycles. The lowest BCUT2D eigenvalue weighted by molar-refractivity contribution is -0.122. The van der Waals surface area contributed by atoms with E-state index in [2.05, 4.69) is 5.32 Å². The zero-order valence-electron chi connectivity index (χ0n) is 14.8. The Balaban J connectivity index is 1.77. The molecule has 0 aliphatic carbocycles. The van der Waals surface area contributed by atoms with E-state index in [1.807, 2.05) is 31.2 Å². The summed E-state index contributed by atoms with van der Waals surface area (Å²) in [5, 5.41) is 3.47. The summed E-state index contributed by atoms with van der Waals surface area (Å²) in [7, 11) is 1.54. The summed E-state index contributed by atoms with van der Waals surface area (Å²) in [4.78, 5) is 26.7. The van der Waals surface area contributed by atoms with E-state index >= 15 is 0 Å². The molecule has 1 aliphatic heterocycles. The van der Waals surface area contributed by atoms with Crippen LogP contribution in [0.1, 0.15) is 18.9 Å². The number of nitrogens with zero attached hydrogens (tertiary/aromatic N) is 1. The lowest BCUT2D eigenvalue weighted by Crippen LogP contribution is -2.28. The maximum atomic E-state index is 12.7. The second-order valence-corrected chi connectivity index (χ2v) is 6.66. The van der Waals surface area contributed by atoms with Crippen LogP contribution >= 0.6 is 11.6 Å². The Labute approximate surface area is 157 Å². The molecule has 1 saturated heterocycles. The van der Waals surface area contributed by atoms with Gasteiger partial charge in [-0.05, 0) is 36.2 Å². The van der Waals surface area contributed by atoms with Gasteiger partial charge in [-0.3, -0.25) is 9.59 Å². The molecule has 0 saturated carbocycles. The molecule has 0 bridgehead atoms. The Morgan fingerprint density at radius 1 is 1.31 bits per heavy atom. The van der Waals surface area contributed by atoms with E-state index in [1.165, 1.54) is 0 Å². The summed E-state index contributed by atoms with van der Waals surface area (Å²) in [5.41, 5.74) is 2.46. The molecule has 5 nitrogen and oxygen atoms in total. The van der Waals surface area contributed by atoms with E-state index in [-0.39, 0.29) is 18.2 Å². The number of amides is 2. The Morgan fingerprint density at radius 2 is 2.08 bits per heavy atom. The second-order valence-electron chi connectivity index (χ2n) is 6.22. The van der Waals surface area contributed by atoms with Crippen molar-refractivity contribution in [1.29, 1.82) is 0 Å². The molecular weight excluding hydrogens is 352 g/mol. The number of ether oxygens (including phenoxy) is 1. The van der Waals surface area contributed by atoms with E-state index in [0.717, 1.165) is 17.7 Å². The Morgan fingerprint density at radius 3 is 2.81 bits per heavy atom. The first-order chi connectivity index (χ1) is 12.5. The molecule has 0 aromatic heterocycles. The molecule has 2 amide bonds. The lowest BCUT2D eigenvalue weighted by atomic mass is 10.1. The summed E-state index contributed by atoms with van der Waals surface area (Å²) in [6.45, 7) is 2.34. The normalized spacial score (nSPS) is 16.7. The van der Waals surface area contributed by atoms with E-state index < -0.39 is 5.92 Å². The van der Waals surface area contributed by atoms with Crippen molar-refractivity contribution in [2.45, 2.75) is 19.8 Å². The zero-order chi connectivity index (χ0) is 18.7. The smallest absolute Gasteiger partial charge is 0.229 e. The van der Waals surface area contributed by atoms with E-state index in [9.17, 15) is 9.59 Å². The van der Waals surface area contributed by atoms with Gasteiger partial charge in [0.2, 0.25) is 11.8 Å². The van der Waals surface area contributed by atoms with Crippen LogP contribution in [0, 0.1) is 5.92 Å². The second kappa shape index (κ2) is 7.79. The van der Waals surface area contributed by atoms with Crippen molar-refractivity contribution in [2.24, 2.45) is 5.92 Å². The van der Waals surface area contributed by atoms with Crippen molar-refractivity contribution in [2.75, 3.05) is 23.9 Å². The third kappa shape index (κ3) is 3.68. The van der Waals surface area contributed by atoms with Gasteiger partial charge in [-0.15, -0.1) is 0 Å². The number of hydrogen-bond donors (Lipinski definition) is 1. The van der Waals surface area contributed by atoms with Gasteiger partial charge in [0.1, 0.15) is 5.75 Å². The third-order valence-corrected chi connectivity index (χ3v) is 4.82. The summed E-state index contributed by atoms with van der Waals surface area (Å²) in [5.74, 6) is -0.131. The minimum atomic E-state index is -0.420. The quantitative estimate of drug-likeness (QED) is 0.865. The van der Waals surface area contributed by atoms with Crippen LogP contribution in [0.2, 0.25) is 5.02 Å². The number of carbonyl (C=O) groups is 2. The molecule has 6 heteroatoms. The average molecular weight is 373 g/mol. The highest BCUT2D eigenvalue weighted by Gasteiger charge is 2.36. The van der Waals surface area contributed by atoms with Gasteiger partial charge in [-0.25, -0.2) is 0 Å². The van der Waals surface area contributed by atoms with Crippen LogP contribution in [0.4, 0.5) is 11.4 Å². The molecule has 2 aromatic rings. The highest BCUT2D eigenvalue weighted by Crippen LogP contribution is 2.35. The summed E-state index contributed by atoms with van der Waals surface area (Å²) in [6, 6.07) is 12.8. The number of hydrogen-bond acceptors (Lipinski definition) is 3. The fourth-order valence-electron chi connectivity index (χ4n) is 3.18. The van der Waals surface area contributed by atoms with Crippen LogP contribution in [-0.2, 0) is 16.0 Å². The molecule has 1 atom stereocenters. The lowest BCUT2D eigenvalue weighted by Gasteiger charge is -2.20. The van der Waals surface area contributed by atoms with Crippen molar-refractivity contribution in [3.63, 3.8) is 0 Å². The van der Waals surface area contributed by atoms with E-state index in [4.69, 9.17) is 16.3 Å². The molecule has 1 N–H and O–H groups in total. The standard InChI is InChI=1S/C20H21ClN2O3/c1-3-13-6-4-5-7-16(13)22-20(25)14-10-19(24)23(12-14)17-11-15(21)8-9-18(17)26-2/h4-9,11,14H,3,10,12H2,1-2H3,(H,22,25)/t14-/m0/s1. The molecule has 0 radical (unpaired) electrons. The Kier molecular flexibility index (Phi) is 5.47. The molecule has 2 aromatic carbocycles. The Bertz CT molecular complexity index is 838. The van der Waals surface area contributed by atoms with Crippen molar-refractivity contribution in [3.8, 4) is 5.75 Å². The maximum Gasteiger partial charge on any atom is 0.229 e. The molecule has 136 valence electrons. The molecule has 1 fully saturated rings. The Hall–Kier alpha value is -2.53. The summed E-state index contributed by atoms with van der Waals surface area (Å²) in [6.07, 6.45) is 0.988. The highest BCUT2D eigenvalue weighted by molar-refractivity contribution is 6.31. The topological polar surface area (TPSA) is 58.6 Å². The first-order valence-corrected chi connectivity index (χ1v) is 8.94. The fraction of sp³-hybridized carbons (Fsp3) is 0.300. The number of anilines is 2. The number of methoxy groups -OCH3 is 1. The van der Waals surface area contributed by atoms with Gasteiger partial charge in [0, 0.05) is 23.7 Å². The zero-order valence-corrected chi connectivity index (χ0v) is 15.5. The van der Waals surface area contributed by atoms with Crippen molar-refractivity contribution in [3.05, 3.63) is 53.1 Å². The van der Waals surface area contributed by atoms with Gasteiger partial charge in [-0.1, -0.05) is 36.7 Å². The molecule has 26 heavy (non-hydrogen) atoms. The predicted molar refractivity (Wildman–Crippen MR) is 103 cm³/mol. The summed E-state index contributed by atoms with van der Waals surface area (Å²) < 4.78 is 5.33. The monoisotopic (exact) mass is 372 g/mol. The van der Waals surface area contributed by atoms with Crippen molar-refractivity contribution in [1.82, 2.24) is 0 Å². The van der Waals surface area contributed by atoms with Crippen LogP contribution in [0.25, 0.3) is 0 Å². The predicted octanol–water partition coefficient (Wildman–Crippen LogP) is 3.90. The molecule has 3 rings (SSSR count). The number of aryl methyl sites for hydroxylation is 1. The average Bonchev–Trinajstić information content (AvgIpc) is 3.04. The number of benzene rings is 2. The largest absolute Gasteiger partial charge is 0.495 e. The maximum absolute atomic E-state index is 12.7. The minimum Gasteiger partial charge on any atom is -0.495 e. The van der Waals surface area contributed by atoms with Crippen LogP contribution in [0.15, 0.2) is 42.5 Å². The van der Waals surface area contributed by atoms with Crippen LogP contribution in [0.5, 0.6) is 5.75 Å². The molecule has 0 spiro atoms. The van der Waals surface area contributed by atoms with Gasteiger partial charge in [-0.2, -0.15) is 0 Å². The van der Waals surface area contributed by atoms with Crippen LogP contribution in [0.3, 0.4) is 0 Å². The van der Waals surface area contributed by atoms with Gasteiger partial charge in [0.15, 0.2) is 0 Å².